The molecular formula is C9H22NO5+. The quantitative estimate of drug-likeness (QED) is 0.312. The molecule has 0 unspecified atom stereocenters. The van der Waals surface area contributed by atoms with Crippen molar-refractivity contribution in [1.82, 2.24) is 0 Å². The fraction of sp³-hybridized carbons (Fsp3) is 1.00. The fourth-order valence-electron chi connectivity index (χ4n) is 1.23. The Kier molecular flexibility index (Phi) is 5.65. The Hall–Kier alpha value is -0.240. The molecule has 5 N–H and O–H groups in total. The number of rotatable bonds is 6. The molecule has 0 aromatic carbocycles. The van der Waals surface area contributed by atoms with Crippen LogP contribution in [0.2, 0.25) is 0 Å². The van der Waals surface area contributed by atoms with Crippen LogP contribution in [0.3, 0.4) is 0 Å². The van der Waals surface area contributed by atoms with E-state index in [-0.39, 0.29) is 6.54 Å². The van der Waals surface area contributed by atoms with Crippen molar-refractivity contribution in [3.8, 4) is 0 Å². The normalized spacial score (nSPS) is 20.8. The van der Waals surface area contributed by atoms with Gasteiger partial charge >= 0.3 is 0 Å². The molecule has 0 aliphatic rings. The highest BCUT2D eigenvalue weighted by Crippen LogP contribution is 2.07. The van der Waals surface area contributed by atoms with Crippen LogP contribution < -0.4 is 0 Å². The average Bonchev–Trinajstić information content (AvgIpc) is 2.11. The molecule has 0 aromatic heterocycles. The van der Waals surface area contributed by atoms with Crippen molar-refractivity contribution in [3.05, 3.63) is 0 Å². The van der Waals surface area contributed by atoms with Gasteiger partial charge in [-0.05, 0) is 0 Å². The first-order chi connectivity index (χ1) is 6.69. The predicted molar refractivity (Wildman–Crippen MR) is 54.0 cm³/mol. The first-order valence-corrected chi connectivity index (χ1v) is 4.82. The monoisotopic (exact) mass is 224 g/mol. The van der Waals surface area contributed by atoms with Crippen molar-refractivity contribution in [2.75, 3.05) is 34.3 Å². The zero-order valence-corrected chi connectivity index (χ0v) is 9.41. The first kappa shape index (κ1) is 14.8. The second kappa shape index (κ2) is 5.74. The van der Waals surface area contributed by atoms with E-state index >= 15 is 0 Å². The van der Waals surface area contributed by atoms with Gasteiger partial charge in [0.25, 0.3) is 0 Å². The van der Waals surface area contributed by atoms with E-state index in [1.807, 2.05) is 21.1 Å². The minimum atomic E-state index is -1.54. The van der Waals surface area contributed by atoms with Crippen LogP contribution in [0.4, 0.5) is 0 Å². The molecule has 0 amide bonds. The number of quaternary nitrogens is 1. The van der Waals surface area contributed by atoms with E-state index in [1.165, 1.54) is 0 Å². The third-order valence-corrected chi connectivity index (χ3v) is 2.06. The van der Waals surface area contributed by atoms with Crippen molar-refractivity contribution in [3.63, 3.8) is 0 Å². The first-order valence-electron chi connectivity index (χ1n) is 4.82. The Balaban J connectivity index is 4.25. The van der Waals surface area contributed by atoms with Gasteiger partial charge in [0.05, 0.1) is 27.7 Å². The lowest BCUT2D eigenvalue weighted by atomic mass is 10.0. The number of hydrogen-bond donors (Lipinski definition) is 5. The maximum absolute atomic E-state index is 9.55. The van der Waals surface area contributed by atoms with Gasteiger partial charge in [-0.1, -0.05) is 0 Å². The maximum atomic E-state index is 9.55. The standard InChI is InChI=1S/C9H22NO5/c1-10(2,3)4-6(12)8(14)9(15)7(13)5-11/h6-9,11-15H,4-5H2,1-3H3/q+1/t6-,7+,8-,9-/m0/s1. The fourth-order valence-corrected chi connectivity index (χ4v) is 1.23. The number of hydrogen-bond acceptors (Lipinski definition) is 5. The second-order valence-electron chi connectivity index (χ2n) is 4.77. The smallest absolute Gasteiger partial charge is 0.131 e. The van der Waals surface area contributed by atoms with E-state index in [0.29, 0.717) is 4.48 Å². The predicted octanol–water partition coefficient (Wildman–Crippen LogP) is -2.87. The zero-order valence-electron chi connectivity index (χ0n) is 9.41. The molecule has 0 rings (SSSR count). The van der Waals surface area contributed by atoms with Gasteiger partial charge in [0.2, 0.25) is 0 Å². The minimum Gasteiger partial charge on any atom is -0.394 e. The van der Waals surface area contributed by atoms with Gasteiger partial charge < -0.3 is 30.0 Å². The summed E-state index contributed by atoms with van der Waals surface area (Å²) in [6.45, 7) is -0.425. The lowest BCUT2D eigenvalue weighted by molar-refractivity contribution is -0.874. The van der Waals surface area contributed by atoms with Gasteiger partial charge in [0.15, 0.2) is 0 Å². The molecule has 4 atom stereocenters. The van der Waals surface area contributed by atoms with Crippen molar-refractivity contribution in [2.45, 2.75) is 24.4 Å². The lowest BCUT2D eigenvalue weighted by Gasteiger charge is -2.31. The van der Waals surface area contributed by atoms with Crippen LogP contribution in [0.1, 0.15) is 0 Å². The molecule has 0 aliphatic heterocycles. The van der Waals surface area contributed by atoms with E-state index < -0.39 is 31.0 Å². The number of nitrogens with zero attached hydrogens (tertiary/aromatic N) is 1. The number of aliphatic hydroxyl groups is 5. The summed E-state index contributed by atoms with van der Waals surface area (Å²) < 4.78 is 0.417. The van der Waals surface area contributed by atoms with E-state index in [9.17, 15) is 15.3 Å². The molecule has 15 heavy (non-hydrogen) atoms. The molecule has 0 aliphatic carbocycles. The lowest BCUT2D eigenvalue weighted by Crippen LogP contribution is -2.52. The Morgan fingerprint density at radius 2 is 1.27 bits per heavy atom. The summed E-state index contributed by atoms with van der Waals surface area (Å²) in [6, 6.07) is 0. The topological polar surface area (TPSA) is 101 Å². The van der Waals surface area contributed by atoms with Gasteiger partial charge in [-0.15, -0.1) is 0 Å². The van der Waals surface area contributed by atoms with Crippen molar-refractivity contribution in [1.29, 1.82) is 0 Å². The average molecular weight is 224 g/mol. The Morgan fingerprint density at radius 1 is 0.867 bits per heavy atom. The SMILES string of the molecule is C[N+](C)(C)C[C@H](O)[C@H](O)[C@@H](O)[C@H](O)CO. The van der Waals surface area contributed by atoms with Crippen LogP contribution in [0, 0.1) is 0 Å². The largest absolute Gasteiger partial charge is 0.394 e. The van der Waals surface area contributed by atoms with Crippen molar-refractivity contribution >= 4 is 0 Å². The van der Waals surface area contributed by atoms with Crippen molar-refractivity contribution in [2.24, 2.45) is 0 Å². The number of aliphatic hydroxyl groups excluding tert-OH is 5. The van der Waals surface area contributed by atoms with Crippen LogP contribution in [0.15, 0.2) is 0 Å². The summed E-state index contributed by atoms with van der Waals surface area (Å²) in [7, 11) is 5.47. The molecule has 6 nitrogen and oxygen atoms in total. The number of likely N-dealkylation sites (N-methyl/N-ethyl adjacent to an activating group) is 1. The third kappa shape index (κ3) is 5.41. The van der Waals surface area contributed by atoms with Crippen LogP contribution in [-0.2, 0) is 0 Å². The maximum Gasteiger partial charge on any atom is 0.131 e. The van der Waals surface area contributed by atoms with Crippen molar-refractivity contribution < 1.29 is 30.0 Å². The van der Waals surface area contributed by atoms with Crippen LogP contribution in [-0.4, -0.2) is 88.7 Å². The summed E-state index contributed by atoms with van der Waals surface area (Å²) in [5.74, 6) is 0. The summed E-state index contributed by atoms with van der Waals surface area (Å²) in [6.07, 6.45) is -5.61. The van der Waals surface area contributed by atoms with Gasteiger partial charge in [-0.2, -0.15) is 0 Å². The molecule has 92 valence electrons. The highest BCUT2D eigenvalue weighted by atomic mass is 16.4. The van der Waals surface area contributed by atoms with E-state index in [1.54, 1.807) is 0 Å². The molecule has 0 aromatic rings. The van der Waals surface area contributed by atoms with Crippen LogP contribution in [0.5, 0.6) is 0 Å². The zero-order chi connectivity index (χ0) is 12.2. The third-order valence-electron chi connectivity index (χ3n) is 2.06. The molecule has 0 saturated carbocycles. The molecule has 0 saturated heterocycles. The summed E-state index contributed by atoms with van der Waals surface area (Å²) >= 11 is 0. The molecule has 0 spiro atoms. The molecule has 0 fully saturated rings. The second-order valence-corrected chi connectivity index (χ2v) is 4.77. The van der Waals surface area contributed by atoms with Gasteiger partial charge in [-0.25, -0.2) is 0 Å². The highest BCUT2D eigenvalue weighted by molar-refractivity contribution is 4.80. The molecule has 0 heterocycles. The van der Waals surface area contributed by atoms with E-state index in [0.717, 1.165) is 0 Å². The van der Waals surface area contributed by atoms with Crippen LogP contribution >= 0.6 is 0 Å². The van der Waals surface area contributed by atoms with E-state index in [2.05, 4.69) is 0 Å². The summed E-state index contributed by atoms with van der Waals surface area (Å²) in [5.41, 5.74) is 0. The van der Waals surface area contributed by atoms with Gasteiger partial charge in [0, 0.05) is 0 Å². The Bertz CT molecular complexity index is 182. The summed E-state index contributed by atoms with van der Waals surface area (Å²) in [5, 5.41) is 46.0. The Labute approximate surface area is 89.6 Å². The molecule has 0 radical (unpaired) electrons. The highest BCUT2D eigenvalue weighted by Gasteiger charge is 2.32. The van der Waals surface area contributed by atoms with Crippen LogP contribution in [0.25, 0.3) is 0 Å². The molecule has 0 bridgehead atoms. The van der Waals surface area contributed by atoms with Gasteiger partial charge in [0.1, 0.15) is 31.0 Å². The summed E-state index contributed by atoms with van der Waals surface area (Å²) in [4.78, 5) is 0. The molecule has 6 heteroatoms. The van der Waals surface area contributed by atoms with E-state index in [4.69, 9.17) is 10.2 Å². The Morgan fingerprint density at radius 3 is 1.60 bits per heavy atom. The molecular weight excluding hydrogens is 202 g/mol. The minimum absolute atomic E-state index is 0.233. The van der Waals surface area contributed by atoms with Gasteiger partial charge in [-0.3, -0.25) is 0 Å².